The van der Waals surface area contributed by atoms with Gasteiger partial charge in [-0.25, -0.2) is 8.78 Å². The van der Waals surface area contributed by atoms with Gasteiger partial charge in [0.25, 0.3) is 0 Å². The maximum absolute atomic E-state index is 12.7. The molecular weight excluding hydrogens is 391 g/mol. The molecule has 4 nitrogen and oxygen atoms in total. The van der Waals surface area contributed by atoms with Crippen LogP contribution in [0.15, 0.2) is 29.3 Å². The molecule has 0 aromatic heterocycles. The van der Waals surface area contributed by atoms with Gasteiger partial charge in [0.1, 0.15) is 0 Å². The largest absolute Gasteiger partial charge is 0.380 e. The van der Waals surface area contributed by atoms with Crippen molar-refractivity contribution in [3.8, 4) is 0 Å². The molecule has 0 unspecified atom stereocenters. The zero-order chi connectivity index (χ0) is 14.6. The molecule has 0 aliphatic heterocycles. The van der Waals surface area contributed by atoms with Gasteiger partial charge in [0.05, 0.1) is 6.61 Å². The Labute approximate surface area is 140 Å². The Balaban J connectivity index is 0.00000220. The summed E-state index contributed by atoms with van der Waals surface area (Å²) in [5.41, 5.74) is 7.55. The molecule has 118 valence electrons. The van der Waals surface area contributed by atoms with E-state index < -0.39 is 5.92 Å². The van der Waals surface area contributed by atoms with Crippen LogP contribution in [0.5, 0.6) is 0 Å². The highest BCUT2D eigenvalue weighted by Crippen LogP contribution is 2.42. The van der Waals surface area contributed by atoms with Crippen molar-refractivity contribution in [1.29, 1.82) is 0 Å². The van der Waals surface area contributed by atoms with Crippen molar-refractivity contribution >= 4 is 35.6 Å². The summed E-state index contributed by atoms with van der Waals surface area (Å²) in [7, 11) is 1.62. The predicted molar refractivity (Wildman–Crippen MR) is 90.4 cm³/mol. The number of anilines is 1. The molecule has 7 heteroatoms. The Kier molecular flexibility index (Phi) is 6.79. The number of nitrogens with two attached hydrogens (primary N) is 1. The predicted octanol–water partition coefficient (Wildman–Crippen LogP) is 3.22. The van der Waals surface area contributed by atoms with Gasteiger partial charge in [0.2, 0.25) is 5.92 Å². The number of ether oxygens (including phenoxy) is 1. The van der Waals surface area contributed by atoms with Gasteiger partial charge >= 0.3 is 0 Å². The molecule has 1 aromatic rings. The van der Waals surface area contributed by atoms with Crippen LogP contribution in [0.3, 0.4) is 0 Å². The van der Waals surface area contributed by atoms with Crippen LogP contribution in [-0.4, -0.2) is 25.5 Å². The molecule has 0 amide bonds. The summed E-state index contributed by atoms with van der Waals surface area (Å²) in [4.78, 5) is 4.12. The highest BCUT2D eigenvalue weighted by molar-refractivity contribution is 14.0. The second kappa shape index (κ2) is 7.88. The number of guanidine groups is 1. The molecular formula is C14H20F2IN3O. The first-order valence-electron chi connectivity index (χ1n) is 6.52. The molecule has 0 saturated heterocycles. The molecule has 1 saturated carbocycles. The van der Waals surface area contributed by atoms with Gasteiger partial charge < -0.3 is 15.8 Å². The summed E-state index contributed by atoms with van der Waals surface area (Å²) in [5, 5.41) is 2.98. The van der Waals surface area contributed by atoms with Crippen LogP contribution in [-0.2, 0) is 11.3 Å². The standard InChI is InChI=1S/C14H19F2N3O.HI/c1-20-9-11-4-2-3-5-12(11)19-13(17)18-8-10-6-14(15,16)7-10;/h2-5,10H,6-9H2,1H3,(H3,17,18,19);1H. The van der Waals surface area contributed by atoms with Crippen molar-refractivity contribution in [1.82, 2.24) is 0 Å². The van der Waals surface area contributed by atoms with E-state index in [-0.39, 0.29) is 48.7 Å². The normalized spacial score (nSPS) is 17.8. The Morgan fingerprint density at radius 2 is 2.10 bits per heavy atom. The molecule has 1 aliphatic carbocycles. The number of aliphatic imine (C=N–C) groups is 1. The summed E-state index contributed by atoms with van der Waals surface area (Å²) < 4.78 is 30.5. The second-order valence-corrected chi connectivity index (χ2v) is 5.07. The molecule has 21 heavy (non-hydrogen) atoms. The molecule has 0 spiro atoms. The minimum absolute atomic E-state index is 0. The maximum atomic E-state index is 12.7. The lowest BCUT2D eigenvalue weighted by Gasteiger charge is -2.33. The van der Waals surface area contributed by atoms with E-state index in [9.17, 15) is 8.78 Å². The molecule has 0 heterocycles. The number of nitrogens with zero attached hydrogens (tertiary/aromatic N) is 1. The molecule has 3 N–H and O–H groups in total. The highest BCUT2D eigenvalue weighted by atomic mass is 127. The van der Waals surface area contributed by atoms with E-state index in [2.05, 4.69) is 10.3 Å². The summed E-state index contributed by atoms with van der Waals surface area (Å²) >= 11 is 0. The summed E-state index contributed by atoms with van der Waals surface area (Å²) in [6.45, 7) is 0.798. The van der Waals surface area contributed by atoms with Crippen molar-refractivity contribution in [2.45, 2.75) is 25.4 Å². The van der Waals surface area contributed by atoms with Gasteiger partial charge in [-0.15, -0.1) is 24.0 Å². The molecule has 1 fully saturated rings. The van der Waals surface area contributed by atoms with E-state index >= 15 is 0 Å². The zero-order valence-electron chi connectivity index (χ0n) is 11.8. The Morgan fingerprint density at radius 1 is 1.43 bits per heavy atom. The maximum Gasteiger partial charge on any atom is 0.248 e. The van der Waals surface area contributed by atoms with Gasteiger partial charge in [-0.3, -0.25) is 4.99 Å². The third-order valence-corrected chi connectivity index (χ3v) is 3.27. The van der Waals surface area contributed by atoms with E-state index in [0.717, 1.165) is 11.3 Å². The number of halogens is 3. The van der Waals surface area contributed by atoms with E-state index in [4.69, 9.17) is 10.5 Å². The molecule has 0 bridgehead atoms. The van der Waals surface area contributed by atoms with E-state index in [0.29, 0.717) is 13.2 Å². The first kappa shape index (κ1) is 18.1. The SMILES string of the molecule is COCc1ccccc1NC(N)=NCC1CC(F)(F)C1.I. The van der Waals surface area contributed by atoms with Gasteiger partial charge in [-0.05, 0) is 12.0 Å². The number of benzene rings is 1. The third kappa shape index (κ3) is 5.39. The number of methoxy groups -OCH3 is 1. The van der Waals surface area contributed by atoms with Crippen molar-refractivity contribution in [2.75, 3.05) is 19.0 Å². The van der Waals surface area contributed by atoms with E-state index in [1.165, 1.54) is 0 Å². The Bertz CT molecular complexity index is 489. The van der Waals surface area contributed by atoms with Gasteiger partial charge in [0, 0.05) is 37.7 Å². The molecule has 2 rings (SSSR count). The number of hydrogen-bond donors (Lipinski definition) is 2. The van der Waals surface area contributed by atoms with Crippen LogP contribution >= 0.6 is 24.0 Å². The van der Waals surface area contributed by atoms with Crippen molar-refractivity contribution in [3.05, 3.63) is 29.8 Å². The Morgan fingerprint density at radius 3 is 2.71 bits per heavy atom. The van der Waals surface area contributed by atoms with Crippen LogP contribution in [0.2, 0.25) is 0 Å². The van der Waals surface area contributed by atoms with Crippen LogP contribution in [0.1, 0.15) is 18.4 Å². The summed E-state index contributed by atoms with van der Waals surface area (Å²) in [6, 6.07) is 7.57. The number of nitrogens with one attached hydrogen (secondary N) is 1. The van der Waals surface area contributed by atoms with Gasteiger partial charge in [0.15, 0.2) is 5.96 Å². The van der Waals surface area contributed by atoms with Crippen LogP contribution in [0.25, 0.3) is 0 Å². The third-order valence-electron chi connectivity index (χ3n) is 3.27. The smallest absolute Gasteiger partial charge is 0.248 e. The van der Waals surface area contributed by atoms with E-state index in [1.807, 2.05) is 24.3 Å². The minimum Gasteiger partial charge on any atom is -0.380 e. The number of para-hydroxylation sites is 1. The lowest BCUT2D eigenvalue weighted by Crippen LogP contribution is -2.37. The van der Waals surface area contributed by atoms with Crippen LogP contribution < -0.4 is 11.1 Å². The van der Waals surface area contributed by atoms with E-state index in [1.54, 1.807) is 7.11 Å². The van der Waals surface area contributed by atoms with Crippen LogP contribution in [0.4, 0.5) is 14.5 Å². The number of rotatable bonds is 5. The number of alkyl halides is 2. The lowest BCUT2D eigenvalue weighted by molar-refractivity contribution is -0.107. The van der Waals surface area contributed by atoms with Crippen molar-refractivity contribution < 1.29 is 13.5 Å². The minimum atomic E-state index is -2.51. The van der Waals surface area contributed by atoms with Crippen molar-refractivity contribution in [2.24, 2.45) is 16.6 Å². The average molecular weight is 411 g/mol. The fraction of sp³-hybridized carbons (Fsp3) is 0.500. The lowest BCUT2D eigenvalue weighted by atomic mass is 9.81. The molecule has 1 aliphatic rings. The average Bonchev–Trinajstić information content (AvgIpc) is 2.36. The summed E-state index contributed by atoms with van der Waals surface area (Å²) in [5.74, 6) is -2.34. The first-order valence-corrected chi connectivity index (χ1v) is 6.52. The second-order valence-electron chi connectivity index (χ2n) is 5.07. The fourth-order valence-corrected chi connectivity index (χ4v) is 2.24. The number of hydrogen-bond acceptors (Lipinski definition) is 2. The van der Waals surface area contributed by atoms with Crippen LogP contribution in [0, 0.1) is 5.92 Å². The summed E-state index contributed by atoms with van der Waals surface area (Å²) in [6.07, 6.45) is -0.186. The quantitative estimate of drug-likeness (QED) is 0.445. The topological polar surface area (TPSA) is 59.6 Å². The highest BCUT2D eigenvalue weighted by Gasteiger charge is 2.44. The van der Waals surface area contributed by atoms with Crippen molar-refractivity contribution in [3.63, 3.8) is 0 Å². The Hall–Kier alpha value is -0.960. The molecule has 0 atom stereocenters. The molecule has 1 aromatic carbocycles. The first-order chi connectivity index (χ1) is 9.50. The van der Waals surface area contributed by atoms with Gasteiger partial charge in [-0.2, -0.15) is 0 Å². The molecule has 0 radical (unpaired) electrons. The monoisotopic (exact) mass is 411 g/mol. The fourth-order valence-electron chi connectivity index (χ4n) is 2.24. The van der Waals surface area contributed by atoms with Gasteiger partial charge in [-0.1, -0.05) is 18.2 Å². The zero-order valence-corrected chi connectivity index (χ0v) is 14.1.